The van der Waals surface area contributed by atoms with Gasteiger partial charge in [-0.15, -0.1) is 0 Å². The number of rotatable bonds is 4. The molecule has 0 radical (unpaired) electrons. The lowest BCUT2D eigenvalue weighted by Crippen LogP contribution is -2.22. The van der Waals surface area contributed by atoms with Crippen LogP contribution >= 0.6 is 15.9 Å². The Hall–Kier alpha value is -2.26. The summed E-state index contributed by atoms with van der Waals surface area (Å²) in [6.07, 6.45) is 3.02. The number of anilines is 1. The van der Waals surface area contributed by atoms with Gasteiger partial charge in [0.05, 0.1) is 11.5 Å². The number of halogens is 1. The van der Waals surface area contributed by atoms with Gasteiger partial charge < -0.3 is 9.99 Å². The van der Waals surface area contributed by atoms with E-state index in [1.165, 1.54) is 23.0 Å². The number of nitrogen functional groups attached to an aromatic ring is 1. The first-order chi connectivity index (χ1) is 9.51. The number of hydrazine groups is 1. The number of nitrogens with zero attached hydrogens (tertiary/aromatic N) is 3. The van der Waals surface area contributed by atoms with E-state index in [0.29, 0.717) is 10.3 Å². The molecule has 0 saturated heterocycles. The summed E-state index contributed by atoms with van der Waals surface area (Å²) in [7, 11) is 0. The zero-order valence-corrected chi connectivity index (χ0v) is 11.7. The summed E-state index contributed by atoms with van der Waals surface area (Å²) in [5, 5.41) is 10.8. The summed E-state index contributed by atoms with van der Waals surface area (Å²) in [6.45, 7) is 0.177. The average molecular weight is 340 g/mol. The fourth-order valence-corrected chi connectivity index (χ4v) is 2.14. The molecule has 2 aromatic heterocycles. The zero-order valence-electron chi connectivity index (χ0n) is 10.1. The Balaban J connectivity index is 2.43. The third kappa shape index (κ3) is 3.00. The lowest BCUT2D eigenvalue weighted by Gasteiger charge is -2.07. The highest BCUT2D eigenvalue weighted by atomic mass is 79.9. The van der Waals surface area contributed by atoms with E-state index >= 15 is 0 Å². The molecule has 2 rings (SSSR count). The normalized spacial score (nSPS) is 10.3. The number of nitro groups is 1. The standard InChI is InChI=1S/C11H10BrN5O3/c12-8-4-9(17(19)20)11(18)16(6-8)5-7-1-2-14-10(3-7)15-13/h1-4,6H,5,13H2,(H,14,15). The lowest BCUT2D eigenvalue weighted by molar-refractivity contribution is -0.386. The van der Waals surface area contributed by atoms with Gasteiger partial charge in [-0.1, -0.05) is 0 Å². The molecule has 0 aliphatic carbocycles. The molecule has 104 valence electrons. The maximum atomic E-state index is 12.0. The van der Waals surface area contributed by atoms with E-state index in [9.17, 15) is 14.9 Å². The first-order valence-electron chi connectivity index (χ1n) is 5.47. The van der Waals surface area contributed by atoms with Gasteiger partial charge in [-0.2, -0.15) is 0 Å². The maximum absolute atomic E-state index is 12.0. The van der Waals surface area contributed by atoms with Crippen molar-refractivity contribution in [3.8, 4) is 0 Å². The SMILES string of the molecule is NNc1cc(Cn2cc(Br)cc([N+](=O)[O-])c2=O)ccn1. The number of nitrogens with two attached hydrogens (primary N) is 1. The van der Waals surface area contributed by atoms with Crippen molar-refractivity contribution in [3.05, 3.63) is 61.1 Å². The molecule has 0 atom stereocenters. The van der Waals surface area contributed by atoms with Crippen LogP contribution in [-0.4, -0.2) is 14.5 Å². The van der Waals surface area contributed by atoms with Crippen molar-refractivity contribution in [1.29, 1.82) is 0 Å². The van der Waals surface area contributed by atoms with E-state index in [-0.39, 0.29) is 6.54 Å². The van der Waals surface area contributed by atoms with Gasteiger partial charge in [-0.3, -0.25) is 14.9 Å². The molecule has 2 heterocycles. The molecule has 0 aliphatic rings. The van der Waals surface area contributed by atoms with Crippen LogP contribution < -0.4 is 16.8 Å². The molecule has 0 bridgehead atoms. The Morgan fingerprint density at radius 3 is 2.90 bits per heavy atom. The van der Waals surface area contributed by atoms with E-state index < -0.39 is 16.2 Å². The van der Waals surface area contributed by atoms with Crippen LogP contribution in [0.25, 0.3) is 0 Å². The Bertz CT molecular complexity index is 715. The molecule has 0 spiro atoms. The van der Waals surface area contributed by atoms with Crippen LogP contribution in [0.3, 0.4) is 0 Å². The first kappa shape index (κ1) is 14.2. The quantitative estimate of drug-likeness (QED) is 0.492. The number of hydrogen-bond donors (Lipinski definition) is 2. The van der Waals surface area contributed by atoms with E-state index in [1.54, 1.807) is 12.1 Å². The van der Waals surface area contributed by atoms with Gasteiger partial charge >= 0.3 is 11.2 Å². The molecule has 0 aliphatic heterocycles. The number of hydrogen-bond acceptors (Lipinski definition) is 6. The van der Waals surface area contributed by atoms with Gasteiger partial charge in [-0.05, 0) is 33.6 Å². The van der Waals surface area contributed by atoms with Crippen LogP contribution in [0.1, 0.15) is 5.56 Å². The molecule has 0 aromatic carbocycles. The number of nitrogens with one attached hydrogen (secondary N) is 1. The van der Waals surface area contributed by atoms with Crippen molar-refractivity contribution in [2.75, 3.05) is 5.43 Å². The van der Waals surface area contributed by atoms with E-state index in [4.69, 9.17) is 5.84 Å². The fourth-order valence-electron chi connectivity index (χ4n) is 1.68. The van der Waals surface area contributed by atoms with Crippen molar-refractivity contribution >= 4 is 27.4 Å². The molecule has 0 fully saturated rings. The molecule has 9 heteroatoms. The fraction of sp³-hybridized carbons (Fsp3) is 0.0909. The van der Waals surface area contributed by atoms with Gasteiger partial charge in [0.2, 0.25) is 0 Å². The predicted molar refractivity (Wildman–Crippen MR) is 76.2 cm³/mol. The third-order valence-corrected chi connectivity index (χ3v) is 2.99. The van der Waals surface area contributed by atoms with E-state index in [2.05, 4.69) is 26.3 Å². The minimum atomic E-state index is -0.705. The summed E-state index contributed by atoms with van der Waals surface area (Å²) < 4.78 is 1.70. The van der Waals surface area contributed by atoms with Crippen molar-refractivity contribution < 1.29 is 4.92 Å². The maximum Gasteiger partial charge on any atom is 0.335 e. The van der Waals surface area contributed by atoms with Gasteiger partial charge in [-0.25, -0.2) is 10.8 Å². The van der Waals surface area contributed by atoms with Crippen LogP contribution in [0.2, 0.25) is 0 Å². The summed E-state index contributed by atoms with van der Waals surface area (Å²) in [5.74, 6) is 5.70. The molecule has 2 aromatic rings. The van der Waals surface area contributed by atoms with E-state index in [0.717, 1.165) is 5.56 Å². The van der Waals surface area contributed by atoms with Crippen molar-refractivity contribution in [3.63, 3.8) is 0 Å². The highest BCUT2D eigenvalue weighted by Gasteiger charge is 2.16. The molecule has 20 heavy (non-hydrogen) atoms. The summed E-state index contributed by atoms with van der Waals surface area (Å²) in [5.41, 5.74) is 1.98. The molecule has 0 unspecified atom stereocenters. The molecule has 8 nitrogen and oxygen atoms in total. The van der Waals surface area contributed by atoms with Crippen LogP contribution in [0.5, 0.6) is 0 Å². The van der Waals surface area contributed by atoms with Crippen molar-refractivity contribution in [1.82, 2.24) is 9.55 Å². The molecule has 0 amide bonds. The second kappa shape index (κ2) is 5.80. The van der Waals surface area contributed by atoms with Gasteiger partial charge in [0, 0.05) is 22.9 Å². The molecule has 3 N–H and O–H groups in total. The first-order valence-corrected chi connectivity index (χ1v) is 6.26. The molecule has 0 saturated carbocycles. The third-order valence-electron chi connectivity index (χ3n) is 2.56. The Labute approximate surface area is 121 Å². The van der Waals surface area contributed by atoms with Crippen LogP contribution in [0.4, 0.5) is 11.5 Å². The van der Waals surface area contributed by atoms with Crippen molar-refractivity contribution in [2.45, 2.75) is 6.54 Å². The number of pyridine rings is 2. The largest absolute Gasteiger partial charge is 0.335 e. The monoisotopic (exact) mass is 339 g/mol. The lowest BCUT2D eigenvalue weighted by atomic mass is 10.2. The highest BCUT2D eigenvalue weighted by molar-refractivity contribution is 9.10. The minimum Gasteiger partial charge on any atom is -0.308 e. The van der Waals surface area contributed by atoms with E-state index in [1.807, 2.05) is 0 Å². The Morgan fingerprint density at radius 1 is 1.50 bits per heavy atom. The summed E-state index contributed by atoms with van der Waals surface area (Å²) >= 11 is 3.15. The zero-order chi connectivity index (χ0) is 14.7. The average Bonchev–Trinajstić information content (AvgIpc) is 2.42. The minimum absolute atomic E-state index is 0.177. The molecular formula is C11H10BrN5O3. The number of aromatic nitrogens is 2. The summed E-state index contributed by atoms with van der Waals surface area (Å²) in [6, 6.07) is 4.53. The van der Waals surface area contributed by atoms with Crippen LogP contribution in [0.15, 0.2) is 39.9 Å². The van der Waals surface area contributed by atoms with Gasteiger partial charge in [0.15, 0.2) is 0 Å². The van der Waals surface area contributed by atoms with Gasteiger partial charge in [0.25, 0.3) is 0 Å². The van der Waals surface area contributed by atoms with Gasteiger partial charge in [0.1, 0.15) is 5.82 Å². The Morgan fingerprint density at radius 2 is 2.25 bits per heavy atom. The van der Waals surface area contributed by atoms with Crippen LogP contribution in [-0.2, 0) is 6.54 Å². The smallest absolute Gasteiger partial charge is 0.308 e. The second-order valence-electron chi connectivity index (χ2n) is 3.93. The highest BCUT2D eigenvalue weighted by Crippen LogP contribution is 2.15. The van der Waals surface area contributed by atoms with Crippen LogP contribution in [0, 0.1) is 10.1 Å². The topological polar surface area (TPSA) is 116 Å². The second-order valence-corrected chi connectivity index (χ2v) is 4.84. The summed E-state index contributed by atoms with van der Waals surface area (Å²) in [4.78, 5) is 26.0. The predicted octanol–water partition coefficient (Wildman–Crippen LogP) is 1.25. The van der Waals surface area contributed by atoms with Crippen molar-refractivity contribution in [2.24, 2.45) is 5.84 Å². The Kier molecular flexibility index (Phi) is 4.11. The molecular weight excluding hydrogens is 330 g/mol.